The van der Waals surface area contributed by atoms with E-state index in [1.54, 1.807) is 0 Å². The molecule has 0 amide bonds. The molecule has 92 valence electrons. The Morgan fingerprint density at radius 3 is 2.62 bits per heavy atom. The van der Waals surface area contributed by atoms with Crippen molar-refractivity contribution in [2.75, 3.05) is 13.1 Å². The molecule has 1 atom stereocenters. The minimum absolute atomic E-state index is 0.143. The molecule has 2 heteroatoms. The van der Waals surface area contributed by atoms with Crippen molar-refractivity contribution in [1.82, 2.24) is 5.32 Å². The first-order valence-electron chi connectivity index (χ1n) is 6.42. The van der Waals surface area contributed by atoms with Gasteiger partial charge in [0.2, 0.25) is 0 Å². The summed E-state index contributed by atoms with van der Waals surface area (Å²) < 4.78 is 0. The summed E-state index contributed by atoms with van der Waals surface area (Å²) in [5, 5.41) is 3.60. The van der Waals surface area contributed by atoms with E-state index >= 15 is 0 Å². The predicted molar refractivity (Wildman–Crippen MR) is 70.1 cm³/mol. The third kappa shape index (κ3) is 3.81. The summed E-state index contributed by atoms with van der Waals surface area (Å²) in [5.41, 5.74) is 6.58. The molecule has 0 radical (unpaired) electrons. The van der Waals surface area contributed by atoms with E-state index in [-0.39, 0.29) is 5.54 Å². The maximum Gasteiger partial charge on any atom is 0.0304 e. The molecule has 0 aliphatic heterocycles. The Hall–Kier alpha value is -0.520. The zero-order chi connectivity index (χ0) is 12.1. The fourth-order valence-corrected chi connectivity index (χ4v) is 2.59. The van der Waals surface area contributed by atoms with Gasteiger partial charge in [-0.25, -0.2) is 0 Å². The van der Waals surface area contributed by atoms with E-state index in [9.17, 15) is 0 Å². The van der Waals surface area contributed by atoms with Gasteiger partial charge in [-0.15, -0.1) is 12.3 Å². The van der Waals surface area contributed by atoms with Gasteiger partial charge in [0.1, 0.15) is 0 Å². The zero-order valence-electron chi connectivity index (χ0n) is 10.8. The van der Waals surface area contributed by atoms with Crippen LogP contribution in [0.25, 0.3) is 0 Å². The number of terminal acetylenes is 1. The Balaban J connectivity index is 2.55. The molecule has 1 rings (SSSR count). The molecule has 0 aromatic carbocycles. The molecule has 0 spiro atoms. The van der Waals surface area contributed by atoms with Gasteiger partial charge >= 0.3 is 0 Å². The lowest BCUT2D eigenvalue weighted by Crippen LogP contribution is -2.51. The average molecular weight is 222 g/mol. The number of nitrogens with one attached hydrogen (secondary N) is 1. The summed E-state index contributed by atoms with van der Waals surface area (Å²) in [4.78, 5) is 0. The van der Waals surface area contributed by atoms with Crippen LogP contribution in [0.3, 0.4) is 0 Å². The van der Waals surface area contributed by atoms with Crippen molar-refractivity contribution >= 4 is 0 Å². The van der Waals surface area contributed by atoms with Crippen LogP contribution in [0.4, 0.5) is 0 Å². The number of rotatable bonds is 4. The second kappa shape index (κ2) is 5.70. The summed E-state index contributed by atoms with van der Waals surface area (Å²) >= 11 is 0. The van der Waals surface area contributed by atoms with E-state index in [1.165, 1.54) is 32.1 Å². The Bertz CT molecular complexity index is 252. The van der Waals surface area contributed by atoms with E-state index in [0.29, 0.717) is 5.41 Å². The lowest BCUT2D eigenvalue weighted by atomic mass is 9.83. The molecule has 0 bridgehead atoms. The molecule has 0 aromatic rings. The van der Waals surface area contributed by atoms with Crippen molar-refractivity contribution in [1.29, 1.82) is 0 Å². The van der Waals surface area contributed by atoms with Gasteiger partial charge < -0.3 is 11.1 Å². The third-order valence-electron chi connectivity index (χ3n) is 3.95. The van der Waals surface area contributed by atoms with Crippen LogP contribution in [0.2, 0.25) is 0 Å². The molecule has 1 unspecified atom stereocenters. The highest BCUT2D eigenvalue weighted by Gasteiger charge is 2.33. The van der Waals surface area contributed by atoms with Crippen molar-refractivity contribution in [3.63, 3.8) is 0 Å². The smallest absolute Gasteiger partial charge is 0.0304 e. The molecule has 16 heavy (non-hydrogen) atoms. The molecule has 0 aromatic heterocycles. The maximum atomic E-state index is 5.96. The van der Waals surface area contributed by atoms with Crippen LogP contribution in [-0.4, -0.2) is 18.6 Å². The quantitative estimate of drug-likeness (QED) is 0.435. The molecule has 2 nitrogen and oxygen atoms in total. The second-order valence-electron chi connectivity index (χ2n) is 5.88. The molecule has 1 aliphatic rings. The standard InChI is InChI=1S/C14H26N2/c1-4-5-11-16-14(12-15)8-6-7-13(2,3)9-10-14/h1,16H,5-12,15H2,2-3H3. The van der Waals surface area contributed by atoms with E-state index in [4.69, 9.17) is 12.2 Å². The normalized spacial score (nSPS) is 29.4. The van der Waals surface area contributed by atoms with Gasteiger partial charge in [-0.2, -0.15) is 0 Å². The summed E-state index contributed by atoms with van der Waals surface area (Å²) in [5.74, 6) is 2.68. The molecule has 1 saturated carbocycles. The van der Waals surface area contributed by atoms with Gasteiger partial charge in [-0.05, 0) is 31.1 Å². The molecule has 1 aliphatic carbocycles. The van der Waals surface area contributed by atoms with Crippen LogP contribution < -0.4 is 11.1 Å². The van der Waals surface area contributed by atoms with Crippen LogP contribution >= 0.6 is 0 Å². The number of hydrogen-bond donors (Lipinski definition) is 2. The van der Waals surface area contributed by atoms with E-state index in [1.807, 2.05) is 0 Å². The third-order valence-corrected chi connectivity index (χ3v) is 3.95. The van der Waals surface area contributed by atoms with E-state index in [2.05, 4.69) is 25.1 Å². The van der Waals surface area contributed by atoms with Gasteiger partial charge in [0, 0.05) is 25.0 Å². The molecule has 0 saturated heterocycles. The largest absolute Gasteiger partial charge is 0.329 e. The van der Waals surface area contributed by atoms with Crippen LogP contribution in [0, 0.1) is 17.8 Å². The topological polar surface area (TPSA) is 38.0 Å². The van der Waals surface area contributed by atoms with Gasteiger partial charge in [0.05, 0.1) is 0 Å². The Kier molecular flexibility index (Phi) is 4.83. The Labute approximate surface area is 100 Å². The minimum Gasteiger partial charge on any atom is -0.329 e. The first-order valence-corrected chi connectivity index (χ1v) is 6.42. The molecular weight excluding hydrogens is 196 g/mol. The average Bonchev–Trinajstić information content (AvgIpc) is 2.39. The lowest BCUT2D eigenvalue weighted by Gasteiger charge is -2.33. The number of hydrogen-bond acceptors (Lipinski definition) is 2. The number of nitrogens with two attached hydrogens (primary N) is 1. The SMILES string of the molecule is C#CCCNC1(CN)CCCC(C)(C)CC1. The van der Waals surface area contributed by atoms with Crippen molar-refractivity contribution in [3.8, 4) is 12.3 Å². The van der Waals surface area contributed by atoms with Crippen LogP contribution in [0.5, 0.6) is 0 Å². The first-order chi connectivity index (χ1) is 7.54. The van der Waals surface area contributed by atoms with Gasteiger partial charge in [-0.3, -0.25) is 0 Å². The molecule has 3 N–H and O–H groups in total. The van der Waals surface area contributed by atoms with Crippen molar-refractivity contribution in [2.24, 2.45) is 11.1 Å². The highest BCUT2D eigenvalue weighted by atomic mass is 15.0. The second-order valence-corrected chi connectivity index (χ2v) is 5.88. The fourth-order valence-electron chi connectivity index (χ4n) is 2.59. The summed E-state index contributed by atoms with van der Waals surface area (Å²) in [7, 11) is 0. The highest BCUT2D eigenvalue weighted by Crippen LogP contribution is 2.37. The van der Waals surface area contributed by atoms with Crippen molar-refractivity contribution < 1.29 is 0 Å². The fraction of sp³-hybridized carbons (Fsp3) is 0.857. The summed E-state index contributed by atoms with van der Waals surface area (Å²) in [6, 6.07) is 0. The van der Waals surface area contributed by atoms with Crippen molar-refractivity contribution in [2.45, 2.75) is 57.9 Å². The van der Waals surface area contributed by atoms with Crippen molar-refractivity contribution in [3.05, 3.63) is 0 Å². The van der Waals surface area contributed by atoms with Gasteiger partial charge in [0.15, 0.2) is 0 Å². The van der Waals surface area contributed by atoms with E-state index < -0.39 is 0 Å². The van der Waals surface area contributed by atoms with Crippen LogP contribution in [0.1, 0.15) is 52.4 Å². The summed E-state index contributed by atoms with van der Waals surface area (Å²) in [6.45, 7) is 6.35. The summed E-state index contributed by atoms with van der Waals surface area (Å²) in [6.07, 6.45) is 12.3. The zero-order valence-corrected chi connectivity index (χ0v) is 10.8. The highest BCUT2D eigenvalue weighted by molar-refractivity contribution is 4.95. The van der Waals surface area contributed by atoms with Gasteiger partial charge in [-0.1, -0.05) is 20.3 Å². The first kappa shape index (κ1) is 13.5. The Morgan fingerprint density at radius 1 is 1.25 bits per heavy atom. The lowest BCUT2D eigenvalue weighted by molar-refractivity contribution is 0.269. The minimum atomic E-state index is 0.143. The van der Waals surface area contributed by atoms with E-state index in [0.717, 1.165) is 19.5 Å². The van der Waals surface area contributed by atoms with Gasteiger partial charge in [0.25, 0.3) is 0 Å². The molecular formula is C14H26N2. The molecule has 1 fully saturated rings. The van der Waals surface area contributed by atoms with Crippen LogP contribution in [-0.2, 0) is 0 Å². The molecule has 0 heterocycles. The maximum absolute atomic E-state index is 5.96. The monoisotopic (exact) mass is 222 g/mol. The van der Waals surface area contributed by atoms with Crippen LogP contribution in [0.15, 0.2) is 0 Å². The Morgan fingerprint density at radius 2 is 2.00 bits per heavy atom. The predicted octanol–water partition coefficient (Wildman–Crippen LogP) is 2.29.